The summed E-state index contributed by atoms with van der Waals surface area (Å²) >= 11 is 0. The molecule has 15 heavy (non-hydrogen) atoms. The van der Waals surface area contributed by atoms with Gasteiger partial charge in [-0.2, -0.15) is 0 Å². The van der Waals surface area contributed by atoms with Crippen molar-refractivity contribution in [2.24, 2.45) is 0 Å². The zero-order chi connectivity index (χ0) is 11.8. The number of aromatic nitrogens is 1. The largest absolute Gasteiger partial charge is 0.395 e. The number of nitrogens with two attached hydrogens (primary N) is 2. The lowest BCUT2D eigenvalue weighted by atomic mass is 10.2. The summed E-state index contributed by atoms with van der Waals surface area (Å²) in [7, 11) is 0.611. The molecule has 1 aromatic heterocycles. The number of halogens is 3. The quantitative estimate of drug-likeness (QED) is 0.773. The van der Waals surface area contributed by atoms with Crippen molar-refractivity contribution in [3.8, 4) is 0 Å². The summed E-state index contributed by atoms with van der Waals surface area (Å²) < 4.78 is 46.9. The molecule has 0 saturated heterocycles. The van der Waals surface area contributed by atoms with Gasteiger partial charge >= 0.3 is 0 Å². The minimum absolute atomic E-state index is 0.366. The second-order valence-corrected chi connectivity index (χ2v) is 5.11. The maximum absolute atomic E-state index is 12.5. The van der Waals surface area contributed by atoms with E-state index < -0.39 is 31.6 Å². The second-order valence-electron chi connectivity index (χ2n) is 2.57. The first kappa shape index (κ1) is 11.9. The van der Waals surface area contributed by atoms with Gasteiger partial charge in [-0.25, -0.2) is 22.2 Å². The van der Waals surface area contributed by atoms with E-state index >= 15 is 0 Å². The van der Waals surface area contributed by atoms with Crippen LogP contribution in [0.3, 0.4) is 0 Å². The normalized spacial score (nSPS) is 12.0. The monoisotopic (exact) mass is 257 g/mol. The molecule has 0 amide bonds. The third kappa shape index (κ3) is 2.26. The average Bonchev–Trinajstić information content (AvgIpc) is 2.06. The van der Waals surface area contributed by atoms with Crippen molar-refractivity contribution in [2.45, 2.75) is 11.3 Å². The Bertz CT molecular complexity index is 491. The highest BCUT2D eigenvalue weighted by atomic mass is 35.7. The topological polar surface area (TPSA) is 99.1 Å². The summed E-state index contributed by atoms with van der Waals surface area (Å²) in [5.41, 5.74) is 8.86. The molecule has 0 unspecified atom stereocenters. The second kappa shape index (κ2) is 3.78. The van der Waals surface area contributed by atoms with E-state index in [0.29, 0.717) is 6.20 Å². The molecule has 0 aliphatic carbocycles. The molecule has 0 aromatic carbocycles. The van der Waals surface area contributed by atoms with Crippen LogP contribution in [0.1, 0.15) is 12.0 Å². The smallest absolute Gasteiger partial charge is 0.267 e. The number of nitrogen functional groups attached to an aromatic ring is 2. The molecule has 0 aliphatic rings. The molecular weight excluding hydrogens is 252 g/mol. The van der Waals surface area contributed by atoms with Gasteiger partial charge in [-0.05, 0) is 0 Å². The lowest BCUT2D eigenvalue weighted by Gasteiger charge is -2.09. The van der Waals surface area contributed by atoms with Crippen molar-refractivity contribution in [3.63, 3.8) is 0 Å². The SMILES string of the molecule is Nc1ncc(S(=O)(=O)Cl)c(C(F)F)c1N. The maximum Gasteiger partial charge on any atom is 0.267 e. The summed E-state index contributed by atoms with van der Waals surface area (Å²) in [5, 5.41) is 0. The van der Waals surface area contributed by atoms with Crippen molar-refractivity contribution in [1.82, 2.24) is 4.98 Å². The molecule has 5 nitrogen and oxygen atoms in total. The number of rotatable bonds is 2. The highest BCUT2D eigenvalue weighted by Crippen LogP contribution is 2.34. The Morgan fingerprint density at radius 3 is 2.33 bits per heavy atom. The Morgan fingerprint density at radius 1 is 1.40 bits per heavy atom. The summed E-state index contributed by atoms with van der Waals surface area (Å²) in [6.45, 7) is 0. The van der Waals surface area contributed by atoms with Gasteiger partial charge in [0.2, 0.25) is 0 Å². The van der Waals surface area contributed by atoms with Gasteiger partial charge in [0.25, 0.3) is 15.5 Å². The zero-order valence-electron chi connectivity index (χ0n) is 7.12. The van der Waals surface area contributed by atoms with Crippen molar-refractivity contribution in [1.29, 1.82) is 0 Å². The number of pyridine rings is 1. The Kier molecular flexibility index (Phi) is 3.00. The van der Waals surface area contributed by atoms with Crippen LogP contribution < -0.4 is 11.5 Å². The molecule has 9 heteroatoms. The van der Waals surface area contributed by atoms with E-state index in [2.05, 4.69) is 4.98 Å². The molecule has 4 N–H and O–H groups in total. The Hall–Kier alpha value is -1.15. The van der Waals surface area contributed by atoms with E-state index in [4.69, 9.17) is 22.1 Å². The van der Waals surface area contributed by atoms with E-state index in [-0.39, 0.29) is 5.82 Å². The summed E-state index contributed by atoms with van der Waals surface area (Å²) in [6, 6.07) is 0. The van der Waals surface area contributed by atoms with Crippen LogP contribution in [0.4, 0.5) is 20.3 Å². The first-order valence-electron chi connectivity index (χ1n) is 3.51. The molecule has 0 atom stereocenters. The Labute approximate surface area is 88.5 Å². The van der Waals surface area contributed by atoms with Gasteiger partial charge in [0.15, 0.2) is 0 Å². The molecule has 0 saturated carbocycles. The predicted octanol–water partition coefficient (Wildman–Crippen LogP) is 1.11. The van der Waals surface area contributed by atoms with Crippen LogP contribution >= 0.6 is 10.7 Å². The van der Waals surface area contributed by atoms with Gasteiger partial charge < -0.3 is 11.5 Å². The van der Waals surface area contributed by atoms with Gasteiger partial charge in [0.1, 0.15) is 10.7 Å². The molecule has 84 valence electrons. The zero-order valence-corrected chi connectivity index (χ0v) is 8.69. The predicted molar refractivity (Wildman–Crippen MR) is 51.1 cm³/mol. The fourth-order valence-corrected chi connectivity index (χ4v) is 1.97. The lowest BCUT2D eigenvalue weighted by molar-refractivity contribution is 0.149. The number of hydrogen-bond acceptors (Lipinski definition) is 5. The molecule has 0 radical (unpaired) electrons. The van der Waals surface area contributed by atoms with E-state index in [1.165, 1.54) is 0 Å². The number of alkyl halides is 2. The summed E-state index contributed by atoms with van der Waals surface area (Å²) in [4.78, 5) is 2.52. The van der Waals surface area contributed by atoms with Crippen LogP contribution in [-0.4, -0.2) is 13.4 Å². The summed E-state index contributed by atoms with van der Waals surface area (Å²) in [5.74, 6) is -0.366. The molecule has 0 spiro atoms. The third-order valence-corrected chi connectivity index (χ3v) is 2.98. The highest BCUT2D eigenvalue weighted by molar-refractivity contribution is 8.13. The molecule has 1 heterocycles. The fourth-order valence-electron chi connectivity index (χ4n) is 0.957. The maximum atomic E-state index is 12.5. The average molecular weight is 258 g/mol. The van der Waals surface area contributed by atoms with Crippen LogP contribution in [-0.2, 0) is 9.05 Å². The van der Waals surface area contributed by atoms with Crippen LogP contribution in [0.15, 0.2) is 11.1 Å². The number of nitrogens with zero attached hydrogens (tertiary/aromatic N) is 1. The van der Waals surface area contributed by atoms with Crippen molar-refractivity contribution in [2.75, 3.05) is 11.5 Å². The molecule has 1 rings (SSSR count). The van der Waals surface area contributed by atoms with Gasteiger partial charge in [0, 0.05) is 16.9 Å². The molecule has 0 aliphatic heterocycles. The van der Waals surface area contributed by atoms with Crippen LogP contribution in [0, 0.1) is 0 Å². The van der Waals surface area contributed by atoms with Gasteiger partial charge in [0.05, 0.1) is 11.3 Å². The standard InChI is InChI=1S/C6H6ClF2N3O2S/c7-15(13,14)2-1-12-6(11)4(10)3(2)5(8)9/h1,5H,10H2,(H2,11,12). The van der Waals surface area contributed by atoms with Gasteiger partial charge in [-0.15, -0.1) is 0 Å². The van der Waals surface area contributed by atoms with Crippen molar-refractivity contribution < 1.29 is 17.2 Å². The van der Waals surface area contributed by atoms with E-state index in [1.807, 2.05) is 0 Å². The Morgan fingerprint density at radius 2 is 1.93 bits per heavy atom. The summed E-state index contributed by atoms with van der Waals surface area (Å²) in [6.07, 6.45) is -2.45. The van der Waals surface area contributed by atoms with Crippen LogP contribution in [0.5, 0.6) is 0 Å². The van der Waals surface area contributed by atoms with Crippen molar-refractivity contribution in [3.05, 3.63) is 11.8 Å². The molecule has 0 fully saturated rings. The molecule has 0 bridgehead atoms. The van der Waals surface area contributed by atoms with E-state index in [1.54, 1.807) is 0 Å². The number of hydrogen-bond donors (Lipinski definition) is 2. The van der Waals surface area contributed by atoms with E-state index in [0.717, 1.165) is 0 Å². The molecular formula is C6H6ClF2N3O2S. The highest BCUT2D eigenvalue weighted by Gasteiger charge is 2.26. The van der Waals surface area contributed by atoms with Gasteiger partial charge in [-0.3, -0.25) is 0 Å². The number of anilines is 2. The van der Waals surface area contributed by atoms with E-state index in [9.17, 15) is 17.2 Å². The van der Waals surface area contributed by atoms with Gasteiger partial charge in [-0.1, -0.05) is 0 Å². The first-order valence-corrected chi connectivity index (χ1v) is 5.82. The minimum atomic E-state index is -4.32. The fraction of sp³-hybridized carbons (Fsp3) is 0.167. The van der Waals surface area contributed by atoms with Crippen LogP contribution in [0.2, 0.25) is 0 Å². The van der Waals surface area contributed by atoms with Crippen LogP contribution in [0.25, 0.3) is 0 Å². The Balaban J connectivity index is 3.62. The third-order valence-electron chi connectivity index (χ3n) is 1.63. The van der Waals surface area contributed by atoms with Crippen molar-refractivity contribution >= 4 is 31.2 Å². The first-order chi connectivity index (χ1) is 6.75. The molecule has 1 aromatic rings. The minimum Gasteiger partial charge on any atom is -0.395 e. The lowest BCUT2D eigenvalue weighted by Crippen LogP contribution is -2.08.